The smallest absolute Gasteiger partial charge is 0.125 e. The van der Waals surface area contributed by atoms with Crippen LogP contribution in [0.25, 0.3) is 0 Å². The highest BCUT2D eigenvalue weighted by atomic mass is 35.5. The monoisotopic (exact) mass is 331 g/mol. The molecule has 4 nitrogen and oxygen atoms in total. The SMILES string of the molecule is CN(C)CCn1ncc(Cl)c1C(O)c1cc(F)cc(Cl)c1. The number of hydrogen-bond acceptors (Lipinski definition) is 3. The Labute approximate surface area is 132 Å². The van der Waals surface area contributed by atoms with Gasteiger partial charge in [0.25, 0.3) is 0 Å². The van der Waals surface area contributed by atoms with Crippen molar-refractivity contribution in [3.05, 3.63) is 51.5 Å². The van der Waals surface area contributed by atoms with Crippen molar-refractivity contribution in [2.75, 3.05) is 20.6 Å². The lowest BCUT2D eigenvalue weighted by atomic mass is 10.1. The Morgan fingerprint density at radius 2 is 2.05 bits per heavy atom. The van der Waals surface area contributed by atoms with Gasteiger partial charge < -0.3 is 10.0 Å². The highest BCUT2D eigenvalue weighted by Gasteiger charge is 2.21. The molecule has 0 spiro atoms. The van der Waals surface area contributed by atoms with Crippen molar-refractivity contribution in [3.8, 4) is 0 Å². The van der Waals surface area contributed by atoms with Crippen molar-refractivity contribution in [2.24, 2.45) is 0 Å². The van der Waals surface area contributed by atoms with Crippen molar-refractivity contribution >= 4 is 23.2 Å². The number of aliphatic hydroxyl groups excluding tert-OH is 1. The summed E-state index contributed by atoms with van der Waals surface area (Å²) < 4.78 is 15.0. The minimum atomic E-state index is -1.09. The molecular formula is C14H16Cl2FN3O. The Bertz CT molecular complexity index is 610. The molecule has 0 saturated carbocycles. The first kappa shape index (κ1) is 16.2. The zero-order valence-electron chi connectivity index (χ0n) is 11.7. The second kappa shape index (κ2) is 6.75. The molecule has 1 atom stereocenters. The van der Waals surface area contributed by atoms with E-state index in [-0.39, 0.29) is 5.02 Å². The van der Waals surface area contributed by atoms with Gasteiger partial charge in [-0.3, -0.25) is 4.68 Å². The van der Waals surface area contributed by atoms with E-state index in [0.717, 1.165) is 6.54 Å². The minimum absolute atomic E-state index is 0.222. The van der Waals surface area contributed by atoms with Crippen LogP contribution in [0.1, 0.15) is 17.4 Å². The molecule has 21 heavy (non-hydrogen) atoms. The first-order chi connectivity index (χ1) is 9.88. The van der Waals surface area contributed by atoms with Gasteiger partial charge in [-0.1, -0.05) is 23.2 Å². The fraction of sp³-hybridized carbons (Fsp3) is 0.357. The average Bonchev–Trinajstić information content (AvgIpc) is 2.75. The summed E-state index contributed by atoms with van der Waals surface area (Å²) in [4.78, 5) is 1.99. The van der Waals surface area contributed by atoms with Crippen LogP contribution in [0.4, 0.5) is 4.39 Å². The summed E-state index contributed by atoms with van der Waals surface area (Å²) in [6.45, 7) is 1.30. The van der Waals surface area contributed by atoms with E-state index in [0.29, 0.717) is 22.8 Å². The van der Waals surface area contributed by atoms with Gasteiger partial charge in [0.05, 0.1) is 23.5 Å². The van der Waals surface area contributed by atoms with Crippen molar-refractivity contribution in [1.82, 2.24) is 14.7 Å². The summed E-state index contributed by atoms with van der Waals surface area (Å²) in [6, 6.07) is 3.92. The van der Waals surface area contributed by atoms with Gasteiger partial charge in [0.2, 0.25) is 0 Å². The molecule has 7 heteroatoms. The third-order valence-corrected chi connectivity index (χ3v) is 3.56. The van der Waals surface area contributed by atoms with Crippen LogP contribution in [0.3, 0.4) is 0 Å². The van der Waals surface area contributed by atoms with Crippen LogP contribution in [-0.2, 0) is 6.54 Å². The highest BCUT2D eigenvalue weighted by molar-refractivity contribution is 6.31. The van der Waals surface area contributed by atoms with Crippen LogP contribution in [0, 0.1) is 5.82 Å². The molecule has 114 valence electrons. The maximum absolute atomic E-state index is 13.4. The number of nitrogens with zero attached hydrogens (tertiary/aromatic N) is 3. The quantitative estimate of drug-likeness (QED) is 0.915. The van der Waals surface area contributed by atoms with E-state index in [1.54, 1.807) is 4.68 Å². The topological polar surface area (TPSA) is 41.3 Å². The minimum Gasteiger partial charge on any atom is -0.382 e. The lowest BCUT2D eigenvalue weighted by molar-refractivity contribution is 0.205. The number of aromatic nitrogens is 2. The van der Waals surface area contributed by atoms with Crippen molar-refractivity contribution in [2.45, 2.75) is 12.6 Å². The van der Waals surface area contributed by atoms with Crippen LogP contribution < -0.4 is 0 Å². The molecular weight excluding hydrogens is 316 g/mol. The van der Waals surface area contributed by atoms with Gasteiger partial charge in [-0.25, -0.2) is 4.39 Å². The molecule has 2 aromatic rings. The third-order valence-electron chi connectivity index (χ3n) is 3.05. The van der Waals surface area contributed by atoms with Crippen LogP contribution in [0.5, 0.6) is 0 Å². The van der Waals surface area contributed by atoms with Crippen LogP contribution in [0.15, 0.2) is 24.4 Å². The summed E-state index contributed by atoms with van der Waals surface area (Å²) in [5, 5.41) is 15.2. The van der Waals surface area contributed by atoms with Gasteiger partial charge in [0, 0.05) is 11.6 Å². The molecule has 1 unspecified atom stereocenters. The van der Waals surface area contributed by atoms with Gasteiger partial charge in [-0.2, -0.15) is 5.10 Å². The summed E-state index contributed by atoms with van der Waals surface area (Å²) in [5.74, 6) is -0.507. The van der Waals surface area contributed by atoms with Crippen molar-refractivity contribution < 1.29 is 9.50 Å². The number of aliphatic hydroxyl groups is 1. The fourth-order valence-electron chi connectivity index (χ4n) is 2.01. The lowest BCUT2D eigenvalue weighted by Crippen LogP contribution is -2.21. The van der Waals surface area contributed by atoms with Gasteiger partial charge in [-0.05, 0) is 37.9 Å². The standard InChI is InChI=1S/C14H16Cl2FN3O/c1-19(2)3-4-20-13(12(16)8-18-20)14(21)9-5-10(15)7-11(17)6-9/h5-8,14,21H,3-4H2,1-2H3. The summed E-state index contributed by atoms with van der Waals surface area (Å²) in [6.07, 6.45) is 0.381. The summed E-state index contributed by atoms with van der Waals surface area (Å²) in [5.41, 5.74) is 0.772. The molecule has 0 bridgehead atoms. The van der Waals surface area contributed by atoms with E-state index in [4.69, 9.17) is 23.2 Å². The second-order valence-corrected chi connectivity index (χ2v) is 5.85. The van der Waals surface area contributed by atoms with E-state index in [1.807, 2.05) is 19.0 Å². The molecule has 0 aliphatic carbocycles. The molecule has 2 rings (SSSR count). The predicted molar refractivity (Wildman–Crippen MR) is 81.3 cm³/mol. The van der Waals surface area contributed by atoms with E-state index >= 15 is 0 Å². The largest absolute Gasteiger partial charge is 0.382 e. The molecule has 0 amide bonds. The predicted octanol–water partition coefficient (Wildman–Crippen LogP) is 2.97. The molecule has 0 aliphatic heterocycles. The molecule has 0 fully saturated rings. The first-order valence-corrected chi connectivity index (χ1v) is 7.14. The maximum atomic E-state index is 13.4. The van der Waals surface area contributed by atoms with E-state index < -0.39 is 11.9 Å². The van der Waals surface area contributed by atoms with Crippen LogP contribution in [0.2, 0.25) is 10.0 Å². The highest BCUT2D eigenvalue weighted by Crippen LogP contribution is 2.30. The maximum Gasteiger partial charge on any atom is 0.125 e. The number of likely N-dealkylation sites (N-methyl/N-ethyl adjacent to an activating group) is 1. The molecule has 1 aromatic carbocycles. The number of halogens is 3. The normalized spacial score (nSPS) is 12.9. The Morgan fingerprint density at radius 1 is 1.33 bits per heavy atom. The molecule has 0 aliphatic rings. The van der Waals surface area contributed by atoms with Gasteiger partial charge in [0.15, 0.2) is 0 Å². The molecule has 0 radical (unpaired) electrons. The van der Waals surface area contributed by atoms with Gasteiger partial charge >= 0.3 is 0 Å². The van der Waals surface area contributed by atoms with Gasteiger partial charge in [-0.15, -0.1) is 0 Å². The Kier molecular flexibility index (Phi) is 5.22. The molecule has 1 aromatic heterocycles. The Balaban J connectivity index is 2.33. The number of hydrogen-bond donors (Lipinski definition) is 1. The second-order valence-electron chi connectivity index (χ2n) is 5.01. The summed E-state index contributed by atoms with van der Waals surface area (Å²) >= 11 is 11.9. The van der Waals surface area contributed by atoms with Crippen molar-refractivity contribution in [1.29, 1.82) is 0 Å². The average molecular weight is 332 g/mol. The Hall–Kier alpha value is -1.14. The number of benzene rings is 1. The zero-order valence-corrected chi connectivity index (χ0v) is 13.2. The third kappa shape index (κ3) is 3.95. The lowest BCUT2D eigenvalue weighted by Gasteiger charge is -2.16. The number of rotatable bonds is 5. The Morgan fingerprint density at radius 3 is 2.67 bits per heavy atom. The van der Waals surface area contributed by atoms with E-state index in [9.17, 15) is 9.50 Å². The van der Waals surface area contributed by atoms with Crippen molar-refractivity contribution in [3.63, 3.8) is 0 Å². The van der Waals surface area contributed by atoms with Crippen LogP contribution in [-0.4, -0.2) is 40.4 Å². The molecule has 1 N–H and O–H groups in total. The fourth-order valence-corrected chi connectivity index (χ4v) is 2.48. The van der Waals surface area contributed by atoms with E-state index in [1.165, 1.54) is 24.4 Å². The first-order valence-electron chi connectivity index (χ1n) is 6.38. The summed E-state index contributed by atoms with van der Waals surface area (Å²) in [7, 11) is 3.88. The molecule has 1 heterocycles. The van der Waals surface area contributed by atoms with Crippen LogP contribution >= 0.6 is 23.2 Å². The molecule has 0 saturated heterocycles. The van der Waals surface area contributed by atoms with E-state index in [2.05, 4.69) is 5.10 Å². The zero-order chi connectivity index (χ0) is 15.6. The van der Waals surface area contributed by atoms with Gasteiger partial charge in [0.1, 0.15) is 11.9 Å².